The normalized spacial score (nSPS) is 17.8. The number of aromatic nitrogens is 4. The zero-order valence-electron chi connectivity index (χ0n) is 51.8. The summed E-state index contributed by atoms with van der Waals surface area (Å²) in [6.45, 7) is 18.3. The molecule has 0 spiro atoms. The van der Waals surface area contributed by atoms with Gasteiger partial charge in [0.15, 0.2) is 6.29 Å². The Morgan fingerprint density at radius 3 is 1.34 bits per heavy atom. The number of pyridine rings is 4. The maximum Gasteiger partial charge on any atom is 0.272 e. The average molecular weight is 1160 g/mol. The molecule has 5 N–H and O–H groups in total. The van der Waals surface area contributed by atoms with Gasteiger partial charge in [0.05, 0.1) is 6.10 Å². The van der Waals surface area contributed by atoms with Crippen molar-refractivity contribution >= 4 is 35.4 Å². The third-order valence-electron chi connectivity index (χ3n) is 17.8. The fourth-order valence-electron chi connectivity index (χ4n) is 12.7. The first kappa shape index (κ1) is 63.2. The molecule has 5 heterocycles. The van der Waals surface area contributed by atoms with Gasteiger partial charge in [-0.3, -0.25) is 38.7 Å². The minimum Gasteiger partial charge on any atom is -0.389 e. The molecule has 85 heavy (non-hydrogen) atoms. The van der Waals surface area contributed by atoms with E-state index in [1.54, 1.807) is 29.4 Å². The van der Waals surface area contributed by atoms with Crippen LogP contribution in [0.4, 0.5) is 11.4 Å². The molecule has 3 amide bonds. The molecule has 0 bridgehead atoms. The van der Waals surface area contributed by atoms with E-state index in [-0.39, 0.29) is 41.9 Å². The molecular formula is C67H87N11O7. The van der Waals surface area contributed by atoms with Gasteiger partial charge in [0.1, 0.15) is 11.4 Å². The molecule has 3 aliphatic rings. The number of H-pyrrole nitrogens is 2. The third-order valence-corrected chi connectivity index (χ3v) is 17.8. The summed E-state index contributed by atoms with van der Waals surface area (Å²) in [5.74, 6) is -0.688. The highest BCUT2D eigenvalue weighted by Crippen LogP contribution is 2.38. The van der Waals surface area contributed by atoms with Crippen molar-refractivity contribution < 1.29 is 24.3 Å². The van der Waals surface area contributed by atoms with Crippen LogP contribution in [0.5, 0.6) is 0 Å². The fraction of sp³-hybridized carbons (Fsp3) is 0.463. The highest BCUT2D eigenvalue weighted by Gasteiger charge is 2.32. The van der Waals surface area contributed by atoms with E-state index in [1.165, 1.54) is 0 Å². The number of β-amino-alcohol motifs (C(OH)–C–C–N with tert-alkyl or cyclic N) is 1. The summed E-state index contributed by atoms with van der Waals surface area (Å²) in [5, 5.41) is 15.6. The SMILES string of the molecule is CCN(c1cc(-c2ccc(C(=O)N3CC(O)C3)nc2)cc(C(=O)NCc2c(C)cc(C)[nH]c2=O)c1C)C1CCC(N(C)C)CC1.CCN(c1cc(-c2ccc(C=O)nc2)cc(C(=O)NCc2c(C)cc(C)[nH]c2=O)c1C)C1CCC(N(C)C)CC1. The first-order chi connectivity index (χ1) is 40.6. The zero-order chi connectivity index (χ0) is 61.4. The second-order valence-electron chi connectivity index (χ2n) is 23.9. The number of anilines is 2. The molecule has 18 heteroatoms. The number of nitrogens with zero attached hydrogens (tertiary/aromatic N) is 7. The molecule has 2 aliphatic carbocycles. The average Bonchev–Trinajstić information content (AvgIpc) is 1.81. The number of amides is 3. The van der Waals surface area contributed by atoms with Crippen molar-refractivity contribution in [3.05, 3.63) is 161 Å². The highest BCUT2D eigenvalue weighted by molar-refractivity contribution is 6.00. The van der Waals surface area contributed by atoms with Crippen molar-refractivity contribution in [3.8, 4) is 22.3 Å². The number of benzene rings is 2. The van der Waals surface area contributed by atoms with Crippen molar-refractivity contribution in [2.75, 3.05) is 64.2 Å². The van der Waals surface area contributed by atoms with Crippen LogP contribution in [0.25, 0.3) is 22.3 Å². The molecule has 0 unspecified atom stereocenters. The zero-order valence-corrected chi connectivity index (χ0v) is 51.8. The number of hydrogen-bond donors (Lipinski definition) is 5. The van der Waals surface area contributed by atoms with E-state index < -0.39 is 6.10 Å². The van der Waals surface area contributed by atoms with Gasteiger partial charge in [-0.2, -0.15) is 0 Å². The number of nitrogens with one attached hydrogen (secondary N) is 4. The van der Waals surface area contributed by atoms with Gasteiger partial charge >= 0.3 is 0 Å². The van der Waals surface area contributed by atoms with Crippen LogP contribution in [0.1, 0.15) is 152 Å². The van der Waals surface area contributed by atoms with Crippen LogP contribution in [0.15, 0.2) is 82.6 Å². The fourth-order valence-corrected chi connectivity index (χ4v) is 12.7. The van der Waals surface area contributed by atoms with Crippen LogP contribution < -0.4 is 31.6 Å². The monoisotopic (exact) mass is 1160 g/mol. The first-order valence-electron chi connectivity index (χ1n) is 30.0. The maximum absolute atomic E-state index is 13.8. The number of hydrogen-bond acceptors (Lipinski definition) is 13. The number of aldehydes is 1. The number of aliphatic hydroxyl groups is 1. The molecule has 1 aliphatic heterocycles. The molecule has 18 nitrogen and oxygen atoms in total. The summed E-state index contributed by atoms with van der Waals surface area (Å²) in [6.07, 6.45) is 12.4. The Balaban J connectivity index is 0.000000223. The van der Waals surface area contributed by atoms with E-state index in [1.807, 2.05) is 77.9 Å². The number of aryl methyl sites for hydroxylation is 4. The summed E-state index contributed by atoms with van der Waals surface area (Å²) in [5.41, 5.74) is 12.9. The van der Waals surface area contributed by atoms with Crippen molar-refractivity contribution in [2.24, 2.45) is 0 Å². The molecule has 2 saturated carbocycles. The maximum atomic E-state index is 13.8. The number of aromatic amines is 2. The first-order valence-corrected chi connectivity index (χ1v) is 30.0. The lowest BCUT2D eigenvalue weighted by Crippen LogP contribution is -2.53. The molecule has 0 atom stereocenters. The van der Waals surface area contributed by atoms with Gasteiger partial charge in [0, 0.05) is 132 Å². The minimum atomic E-state index is -0.475. The molecule has 3 fully saturated rings. The Labute approximate surface area is 500 Å². The molecule has 6 aromatic rings. The van der Waals surface area contributed by atoms with Gasteiger partial charge in [0.2, 0.25) is 0 Å². The summed E-state index contributed by atoms with van der Waals surface area (Å²) in [6, 6.07) is 20.9. The lowest BCUT2D eigenvalue weighted by atomic mass is 9.88. The topological polar surface area (TPSA) is 220 Å². The summed E-state index contributed by atoms with van der Waals surface area (Å²) < 4.78 is 0. The predicted octanol–water partition coefficient (Wildman–Crippen LogP) is 8.61. The molecule has 9 rings (SSSR count). The Hall–Kier alpha value is -7.80. The molecule has 0 radical (unpaired) electrons. The van der Waals surface area contributed by atoms with E-state index in [4.69, 9.17) is 0 Å². The molecule has 452 valence electrons. The standard InChI is InChI=1S/C35H46N6O4.C32H41N5O3/c1-7-41(27-11-9-26(10-12-27)39(5)6)32-16-25(24-8-13-31(36-17-24)35(45)40-19-28(42)20-40)15-29(23(32)4)33(43)37-18-30-21(2)14-22(3)38-34(30)44;1-7-37(27-12-10-26(11-13-27)36(5)6)30-16-24(23-8-9-25(19-38)33-17-23)15-28(22(30)4)31(39)34-18-29-20(2)14-21(3)35-32(29)40/h8,13-17,26-28,42H,7,9-12,18-20H2,1-6H3,(H,37,43)(H,38,44);8-9,14-17,19,26-27H,7,10-13,18H2,1-6H3,(H,34,39)(H,35,40). The van der Waals surface area contributed by atoms with Gasteiger partial charge in [-0.1, -0.05) is 12.1 Å². The Kier molecular flexibility index (Phi) is 20.8. The number of rotatable bonds is 18. The number of likely N-dealkylation sites (tertiary alicyclic amines) is 1. The second-order valence-corrected chi connectivity index (χ2v) is 23.9. The summed E-state index contributed by atoms with van der Waals surface area (Å²) in [4.78, 5) is 102. The Morgan fingerprint density at radius 1 is 0.588 bits per heavy atom. The quantitative estimate of drug-likeness (QED) is 0.0510. The number of aliphatic hydroxyl groups excluding tert-OH is 1. The minimum absolute atomic E-state index is 0.120. The van der Waals surface area contributed by atoms with Crippen LogP contribution in [-0.4, -0.2) is 148 Å². The molecule has 2 aromatic carbocycles. The molecular weight excluding hydrogens is 1070 g/mol. The number of carbonyl (C=O) groups is 4. The van der Waals surface area contributed by atoms with Gasteiger partial charge in [0.25, 0.3) is 28.8 Å². The lowest BCUT2D eigenvalue weighted by Gasteiger charge is -2.40. The van der Waals surface area contributed by atoms with E-state index in [0.717, 1.165) is 138 Å². The van der Waals surface area contributed by atoms with Crippen LogP contribution in [0, 0.1) is 41.5 Å². The van der Waals surface area contributed by atoms with Crippen molar-refractivity contribution in [1.82, 2.24) is 45.3 Å². The van der Waals surface area contributed by atoms with Crippen LogP contribution >= 0.6 is 0 Å². The van der Waals surface area contributed by atoms with Crippen molar-refractivity contribution in [1.29, 1.82) is 0 Å². The Morgan fingerprint density at radius 2 is 1.00 bits per heavy atom. The van der Waals surface area contributed by atoms with Gasteiger partial charge in [-0.15, -0.1) is 0 Å². The smallest absolute Gasteiger partial charge is 0.272 e. The van der Waals surface area contributed by atoms with E-state index >= 15 is 0 Å². The highest BCUT2D eigenvalue weighted by atomic mass is 16.3. The van der Waals surface area contributed by atoms with Crippen LogP contribution in [-0.2, 0) is 13.1 Å². The van der Waals surface area contributed by atoms with Crippen LogP contribution in [0.2, 0.25) is 0 Å². The largest absolute Gasteiger partial charge is 0.389 e. The molecule has 1 saturated heterocycles. The van der Waals surface area contributed by atoms with E-state index in [0.29, 0.717) is 70.9 Å². The van der Waals surface area contributed by atoms with Gasteiger partial charge in [-0.05, 0) is 217 Å². The summed E-state index contributed by atoms with van der Waals surface area (Å²) in [7, 11) is 8.59. The van der Waals surface area contributed by atoms with Crippen molar-refractivity contribution in [2.45, 2.75) is 150 Å². The van der Waals surface area contributed by atoms with Gasteiger partial charge < -0.3 is 50.2 Å². The number of carbonyl (C=O) groups excluding carboxylic acids is 4. The third kappa shape index (κ3) is 14.8. The van der Waals surface area contributed by atoms with Crippen molar-refractivity contribution in [3.63, 3.8) is 0 Å². The van der Waals surface area contributed by atoms with E-state index in [9.17, 15) is 33.9 Å². The second kappa shape index (κ2) is 27.9. The van der Waals surface area contributed by atoms with Crippen LogP contribution in [0.3, 0.4) is 0 Å². The lowest BCUT2D eigenvalue weighted by molar-refractivity contribution is 0.00550. The predicted molar refractivity (Wildman–Crippen MR) is 337 cm³/mol. The molecule has 4 aromatic heterocycles. The Bertz CT molecular complexity index is 3480. The summed E-state index contributed by atoms with van der Waals surface area (Å²) >= 11 is 0. The van der Waals surface area contributed by atoms with Gasteiger partial charge in [-0.25, -0.2) is 0 Å². The van der Waals surface area contributed by atoms with E-state index in [2.05, 4.69) is 104 Å².